The van der Waals surface area contributed by atoms with E-state index in [2.05, 4.69) is 5.32 Å². The first-order valence-electron chi connectivity index (χ1n) is 5.33. The summed E-state index contributed by atoms with van der Waals surface area (Å²) in [7, 11) is 0. The summed E-state index contributed by atoms with van der Waals surface area (Å²) in [5, 5.41) is 4.88. The number of rotatable bonds is 3. The van der Waals surface area contributed by atoms with Crippen LogP contribution in [0.5, 0.6) is 0 Å². The van der Waals surface area contributed by atoms with Crippen LogP contribution in [0.3, 0.4) is 0 Å². The maximum atomic E-state index is 12.0. The second-order valence-electron chi connectivity index (χ2n) is 3.84. The molecule has 2 rings (SSSR count). The molecular formula is C13H14N2OS. The number of hydrogen-bond donors (Lipinski definition) is 2. The maximum absolute atomic E-state index is 12.0. The highest BCUT2D eigenvalue weighted by Gasteiger charge is 2.08. The Hall–Kier alpha value is -1.81. The number of amides is 1. The average Bonchev–Trinajstić information content (AvgIpc) is 2.82. The number of aryl methyl sites for hydroxylation is 1. The summed E-state index contributed by atoms with van der Waals surface area (Å²) in [4.78, 5) is 13.1. The molecule has 1 heterocycles. The van der Waals surface area contributed by atoms with Crippen molar-refractivity contribution in [3.05, 3.63) is 51.7 Å². The fourth-order valence-corrected chi connectivity index (χ4v) is 2.20. The molecule has 88 valence electrons. The van der Waals surface area contributed by atoms with Crippen molar-refractivity contribution in [2.45, 2.75) is 13.5 Å². The molecule has 1 aromatic heterocycles. The van der Waals surface area contributed by atoms with Crippen LogP contribution >= 0.6 is 11.3 Å². The van der Waals surface area contributed by atoms with Gasteiger partial charge in [-0.15, -0.1) is 11.3 Å². The molecule has 0 aliphatic carbocycles. The molecular weight excluding hydrogens is 232 g/mol. The summed E-state index contributed by atoms with van der Waals surface area (Å²) >= 11 is 1.63. The SMILES string of the molecule is Cc1ccc(N)cc1C(=O)NCc1cccs1. The third kappa shape index (κ3) is 2.85. The Kier molecular flexibility index (Phi) is 3.44. The summed E-state index contributed by atoms with van der Waals surface area (Å²) in [6.45, 7) is 2.46. The van der Waals surface area contributed by atoms with Crippen LogP contribution in [0.25, 0.3) is 0 Å². The van der Waals surface area contributed by atoms with Gasteiger partial charge in [-0.3, -0.25) is 4.79 Å². The molecule has 0 aliphatic heterocycles. The zero-order valence-corrected chi connectivity index (χ0v) is 10.4. The van der Waals surface area contributed by atoms with Crippen molar-refractivity contribution in [1.29, 1.82) is 0 Å². The molecule has 2 aromatic rings. The van der Waals surface area contributed by atoms with E-state index >= 15 is 0 Å². The standard InChI is InChI=1S/C13H14N2OS/c1-9-4-5-10(14)7-12(9)13(16)15-8-11-3-2-6-17-11/h2-7H,8,14H2,1H3,(H,15,16). The fraction of sp³-hybridized carbons (Fsp3) is 0.154. The molecule has 0 aliphatic rings. The van der Waals surface area contributed by atoms with Gasteiger partial charge in [-0.2, -0.15) is 0 Å². The van der Waals surface area contributed by atoms with Crippen molar-refractivity contribution in [2.75, 3.05) is 5.73 Å². The van der Waals surface area contributed by atoms with Crippen molar-refractivity contribution >= 4 is 22.9 Å². The quantitative estimate of drug-likeness (QED) is 0.818. The highest BCUT2D eigenvalue weighted by atomic mass is 32.1. The number of nitrogens with one attached hydrogen (secondary N) is 1. The molecule has 0 fully saturated rings. The van der Waals surface area contributed by atoms with Gasteiger partial charge < -0.3 is 11.1 Å². The van der Waals surface area contributed by atoms with E-state index < -0.39 is 0 Å². The number of nitrogens with two attached hydrogens (primary N) is 1. The lowest BCUT2D eigenvalue weighted by atomic mass is 10.1. The van der Waals surface area contributed by atoms with Crippen LogP contribution in [0.1, 0.15) is 20.8 Å². The van der Waals surface area contributed by atoms with Crippen LogP contribution in [0, 0.1) is 6.92 Å². The van der Waals surface area contributed by atoms with Gasteiger partial charge in [0.25, 0.3) is 5.91 Å². The average molecular weight is 246 g/mol. The first-order valence-corrected chi connectivity index (χ1v) is 6.21. The number of carbonyl (C=O) groups is 1. The Morgan fingerprint density at radius 3 is 2.94 bits per heavy atom. The minimum absolute atomic E-state index is 0.0804. The predicted molar refractivity (Wildman–Crippen MR) is 71.1 cm³/mol. The number of benzene rings is 1. The number of thiophene rings is 1. The Bertz CT molecular complexity index is 520. The third-order valence-electron chi connectivity index (χ3n) is 2.51. The molecule has 3 N–H and O–H groups in total. The molecule has 0 saturated carbocycles. The van der Waals surface area contributed by atoms with Gasteiger partial charge in [0.1, 0.15) is 0 Å². The van der Waals surface area contributed by atoms with E-state index in [1.165, 1.54) is 0 Å². The first-order chi connectivity index (χ1) is 8.16. The normalized spacial score (nSPS) is 10.2. The van der Waals surface area contributed by atoms with E-state index in [4.69, 9.17) is 5.73 Å². The molecule has 0 unspecified atom stereocenters. The minimum Gasteiger partial charge on any atom is -0.399 e. The van der Waals surface area contributed by atoms with Gasteiger partial charge >= 0.3 is 0 Å². The topological polar surface area (TPSA) is 55.1 Å². The number of anilines is 1. The fourth-order valence-electron chi connectivity index (χ4n) is 1.56. The van der Waals surface area contributed by atoms with Crippen LogP contribution in [-0.4, -0.2) is 5.91 Å². The van der Waals surface area contributed by atoms with Gasteiger partial charge in [-0.05, 0) is 36.1 Å². The Balaban J connectivity index is 2.07. The monoisotopic (exact) mass is 246 g/mol. The summed E-state index contributed by atoms with van der Waals surface area (Å²) in [5.41, 5.74) is 7.86. The lowest BCUT2D eigenvalue weighted by Crippen LogP contribution is -2.23. The Labute approximate surface area is 104 Å². The predicted octanol–water partition coefficient (Wildman–Crippen LogP) is 2.57. The van der Waals surface area contributed by atoms with E-state index in [0.29, 0.717) is 17.8 Å². The van der Waals surface area contributed by atoms with Gasteiger partial charge in [-0.25, -0.2) is 0 Å². The minimum atomic E-state index is -0.0804. The van der Waals surface area contributed by atoms with Gasteiger partial charge in [0.05, 0.1) is 6.54 Å². The van der Waals surface area contributed by atoms with Crippen LogP contribution in [0.2, 0.25) is 0 Å². The molecule has 0 saturated heterocycles. The number of nitrogen functional groups attached to an aromatic ring is 1. The van der Waals surface area contributed by atoms with Gasteiger partial charge in [0.15, 0.2) is 0 Å². The van der Waals surface area contributed by atoms with Crippen molar-refractivity contribution in [1.82, 2.24) is 5.32 Å². The lowest BCUT2D eigenvalue weighted by molar-refractivity contribution is 0.0950. The van der Waals surface area contributed by atoms with E-state index in [0.717, 1.165) is 10.4 Å². The molecule has 0 radical (unpaired) electrons. The van der Waals surface area contributed by atoms with Gasteiger partial charge in [-0.1, -0.05) is 12.1 Å². The molecule has 0 atom stereocenters. The van der Waals surface area contributed by atoms with Crippen LogP contribution in [0.4, 0.5) is 5.69 Å². The van der Waals surface area contributed by atoms with E-state index in [-0.39, 0.29) is 5.91 Å². The highest BCUT2D eigenvalue weighted by molar-refractivity contribution is 7.09. The maximum Gasteiger partial charge on any atom is 0.251 e. The number of carbonyl (C=O) groups excluding carboxylic acids is 1. The Morgan fingerprint density at radius 2 is 2.24 bits per heavy atom. The summed E-state index contributed by atoms with van der Waals surface area (Å²) in [5.74, 6) is -0.0804. The van der Waals surface area contributed by atoms with Crippen LogP contribution < -0.4 is 11.1 Å². The van der Waals surface area contributed by atoms with E-state index in [1.54, 1.807) is 23.5 Å². The lowest BCUT2D eigenvalue weighted by Gasteiger charge is -2.07. The summed E-state index contributed by atoms with van der Waals surface area (Å²) in [6, 6.07) is 9.33. The highest BCUT2D eigenvalue weighted by Crippen LogP contribution is 2.13. The molecule has 0 spiro atoms. The molecule has 1 amide bonds. The molecule has 1 aromatic carbocycles. The summed E-state index contributed by atoms with van der Waals surface area (Å²) in [6.07, 6.45) is 0. The van der Waals surface area contributed by atoms with E-state index in [9.17, 15) is 4.79 Å². The Morgan fingerprint density at radius 1 is 1.41 bits per heavy atom. The first kappa shape index (κ1) is 11.7. The second-order valence-corrected chi connectivity index (χ2v) is 4.87. The van der Waals surface area contributed by atoms with Gasteiger partial charge in [0, 0.05) is 16.1 Å². The third-order valence-corrected chi connectivity index (χ3v) is 3.39. The van der Waals surface area contributed by atoms with Crippen LogP contribution in [-0.2, 0) is 6.54 Å². The zero-order chi connectivity index (χ0) is 12.3. The smallest absolute Gasteiger partial charge is 0.251 e. The molecule has 3 nitrogen and oxygen atoms in total. The van der Waals surface area contributed by atoms with Crippen molar-refractivity contribution in [3.63, 3.8) is 0 Å². The van der Waals surface area contributed by atoms with Crippen molar-refractivity contribution in [3.8, 4) is 0 Å². The molecule has 0 bridgehead atoms. The molecule has 4 heteroatoms. The molecule has 17 heavy (non-hydrogen) atoms. The van der Waals surface area contributed by atoms with Gasteiger partial charge in [0.2, 0.25) is 0 Å². The second kappa shape index (κ2) is 5.01. The number of hydrogen-bond acceptors (Lipinski definition) is 3. The van der Waals surface area contributed by atoms with E-state index in [1.807, 2.05) is 30.5 Å². The summed E-state index contributed by atoms with van der Waals surface area (Å²) < 4.78 is 0. The largest absolute Gasteiger partial charge is 0.399 e. The zero-order valence-electron chi connectivity index (χ0n) is 9.57. The van der Waals surface area contributed by atoms with Crippen molar-refractivity contribution in [2.24, 2.45) is 0 Å². The van der Waals surface area contributed by atoms with Crippen LogP contribution in [0.15, 0.2) is 35.7 Å². The van der Waals surface area contributed by atoms with Crippen molar-refractivity contribution < 1.29 is 4.79 Å².